The van der Waals surface area contributed by atoms with E-state index >= 15 is 0 Å². The van der Waals surface area contributed by atoms with Crippen LogP contribution in [0.15, 0.2) is 70.3 Å². The standard InChI is InChI=1S/C32H32F3N3O6/c1-42-30-14-22(4-9-29(30)43-19-21-2-5-23(35)6-3-21)18-37-31(40)27-15-25(44-26(16-33)17-34)7-8-28(27)38(32(37)41)24-10-12-36(20-39)13-11-24/h2-9,14-15,20,24,26H,10-13,16-19H2,1H3. The fourth-order valence-corrected chi connectivity index (χ4v) is 5.33. The molecule has 1 amide bonds. The van der Waals surface area contributed by atoms with Crippen molar-refractivity contribution in [3.05, 3.63) is 98.4 Å². The zero-order valence-electron chi connectivity index (χ0n) is 24.1. The maximum atomic E-state index is 13.9. The Bertz CT molecular complexity index is 1730. The van der Waals surface area contributed by atoms with Crippen LogP contribution < -0.4 is 25.5 Å². The van der Waals surface area contributed by atoms with Crippen LogP contribution in [0.25, 0.3) is 10.9 Å². The highest BCUT2D eigenvalue weighted by atomic mass is 19.1. The van der Waals surface area contributed by atoms with E-state index < -0.39 is 30.7 Å². The van der Waals surface area contributed by atoms with Gasteiger partial charge in [-0.05, 0) is 66.4 Å². The van der Waals surface area contributed by atoms with Gasteiger partial charge in [0.15, 0.2) is 17.6 Å². The Morgan fingerprint density at radius 3 is 2.30 bits per heavy atom. The molecule has 0 unspecified atom stereocenters. The van der Waals surface area contributed by atoms with Gasteiger partial charge in [0.2, 0.25) is 6.41 Å². The number of nitrogens with zero attached hydrogens (tertiary/aromatic N) is 3. The highest BCUT2D eigenvalue weighted by molar-refractivity contribution is 5.80. The Morgan fingerprint density at radius 1 is 0.932 bits per heavy atom. The van der Waals surface area contributed by atoms with Gasteiger partial charge in [-0.1, -0.05) is 18.2 Å². The first-order valence-electron chi connectivity index (χ1n) is 14.2. The van der Waals surface area contributed by atoms with Crippen molar-refractivity contribution in [2.75, 3.05) is 33.5 Å². The topological polar surface area (TPSA) is 92.0 Å². The van der Waals surface area contributed by atoms with Crippen LogP contribution in [0.5, 0.6) is 17.2 Å². The second-order valence-corrected chi connectivity index (χ2v) is 10.5. The van der Waals surface area contributed by atoms with Gasteiger partial charge in [0, 0.05) is 19.1 Å². The molecule has 1 aliphatic heterocycles. The largest absolute Gasteiger partial charge is 0.493 e. The molecule has 44 heavy (non-hydrogen) atoms. The number of fused-ring (bicyclic) bond motifs is 1. The summed E-state index contributed by atoms with van der Waals surface area (Å²) >= 11 is 0. The third kappa shape index (κ3) is 6.58. The number of aromatic nitrogens is 2. The SMILES string of the molecule is COc1cc(Cn2c(=O)c3cc(OC(CF)CF)ccc3n(C3CCN(C=O)CC3)c2=O)ccc1OCc1ccc(F)cc1. The summed E-state index contributed by atoms with van der Waals surface area (Å²) in [6.07, 6.45) is 0.465. The van der Waals surface area contributed by atoms with Crippen LogP contribution in [0.1, 0.15) is 30.0 Å². The summed E-state index contributed by atoms with van der Waals surface area (Å²) in [6, 6.07) is 15.1. The fraction of sp³-hybridized carbons (Fsp3) is 0.344. The Balaban J connectivity index is 1.51. The minimum Gasteiger partial charge on any atom is -0.493 e. The molecule has 0 spiro atoms. The molecule has 4 aromatic rings. The van der Waals surface area contributed by atoms with E-state index in [2.05, 4.69) is 0 Å². The number of halogens is 3. The Kier molecular flexibility index (Phi) is 9.56. The van der Waals surface area contributed by atoms with Gasteiger partial charge < -0.3 is 19.1 Å². The third-order valence-electron chi connectivity index (χ3n) is 7.68. The lowest BCUT2D eigenvalue weighted by molar-refractivity contribution is -0.119. The molecule has 0 N–H and O–H groups in total. The molecule has 1 saturated heterocycles. The van der Waals surface area contributed by atoms with E-state index in [1.807, 2.05) is 0 Å². The van der Waals surface area contributed by atoms with Crippen molar-refractivity contribution in [2.45, 2.75) is 38.1 Å². The van der Waals surface area contributed by atoms with Crippen LogP contribution in [-0.4, -0.2) is 60.1 Å². The second-order valence-electron chi connectivity index (χ2n) is 10.5. The molecule has 5 rings (SSSR count). The molecular formula is C32H32F3N3O6. The van der Waals surface area contributed by atoms with E-state index in [0.29, 0.717) is 48.5 Å². The molecule has 0 radical (unpaired) electrons. The van der Waals surface area contributed by atoms with E-state index in [9.17, 15) is 27.6 Å². The van der Waals surface area contributed by atoms with Crippen molar-refractivity contribution >= 4 is 17.3 Å². The van der Waals surface area contributed by atoms with E-state index in [-0.39, 0.29) is 36.1 Å². The molecule has 3 aromatic carbocycles. The summed E-state index contributed by atoms with van der Waals surface area (Å²) in [5.74, 6) is 0.548. The molecule has 1 aromatic heterocycles. The number of hydrogen-bond donors (Lipinski definition) is 0. The quantitative estimate of drug-likeness (QED) is 0.221. The molecule has 9 nitrogen and oxygen atoms in total. The van der Waals surface area contributed by atoms with Gasteiger partial charge in [-0.15, -0.1) is 0 Å². The molecule has 232 valence electrons. The minimum atomic E-state index is -1.32. The van der Waals surface area contributed by atoms with Crippen LogP contribution >= 0.6 is 0 Å². The Labute approximate surface area is 251 Å². The van der Waals surface area contributed by atoms with Crippen molar-refractivity contribution in [1.82, 2.24) is 14.0 Å². The Morgan fingerprint density at radius 2 is 1.64 bits per heavy atom. The number of ether oxygens (including phenoxy) is 3. The maximum absolute atomic E-state index is 13.9. The van der Waals surface area contributed by atoms with E-state index in [0.717, 1.165) is 16.5 Å². The van der Waals surface area contributed by atoms with Crippen LogP contribution in [-0.2, 0) is 17.9 Å². The summed E-state index contributed by atoms with van der Waals surface area (Å²) in [5.41, 5.74) is 0.588. The van der Waals surface area contributed by atoms with E-state index in [1.165, 1.54) is 31.4 Å². The first-order chi connectivity index (χ1) is 21.3. The number of amides is 1. The van der Waals surface area contributed by atoms with Gasteiger partial charge in [-0.2, -0.15) is 0 Å². The summed E-state index contributed by atoms with van der Waals surface area (Å²) in [7, 11) is 1.47. The lowest BCUT2D eigenvalue weighted by Gasteiger charge is -2.31. The van der Waals surface area contributed by atoms with Gasteiger partial charge >= 0.3 is 5.69 Å². The highest BCUT2D eigenvalue weighted by Gasteiger charge is 2.25. The first-order valence-corrected chi connectivity index (χ1v) is 14.2. The van der Waals surface area contributed by atoms with Gasteiger partial charge in [0.1, 0.15) is 31.5 Å². The van der Waals surface area contributed by atoms with Gasteiger partial charge in [-0.25, -0.2) is 18.0 Å². The number of carbonyl (C=O) groups is 1. The molecule has 0 bridgehead atoms. The number of likely N-dealkylation sites (tertiary alicyclic amines) is 1. The monoisotopic (exact) mass is 611 g/mol. The average Bonchev–Trinajstić information content (AvgIpc) is 3.06. The number of piperidine rings is 1. The van der Waals surface area contributed by atoms with Crippen LogP contribution in [0.2, 0.25) is 0 Å². The minimum absolute atomic E-state index is 0.0991. The van der Waals surface area contributed by atoms with Crippen molar-refractivity contribution in [3.63, 3.8) is 0 Å². The summed E-state index contributed by atoms with van der Waals surface area (Å²) in [4.78, 5) is 40.6. The lowest BCUT2D eigenvalue weighted by atomic mass is 10.0. The summed E-state index contributed by atoms with van der Waals surface area (Å²) in [5, 5.41) is 0.155. The molecule has 12 heteroatoms. The van der Waals surface area contributed by atoms with Crippen molar-refractivity contribution in [1.29, 1.82) is 0 Å². The summed E-state index contributed by atoms with van der Waals surface area (Å²) < 4.78 is 59.0. The molecule has 1 fully saturated rings. The average molecular weight is 612 g/mol. The van der Waals surface area contributed by atoms with Crippen molar-refractivity contribution in [3.8, 4) is 17.2 Å². The van der Waals surface area contributed by atoms with Gasteiger partial charge in [0.25, 0.3) is 5.56 Å². The van der Waals surface area contributed by atoms with Crippen molar-refractivity contribution in [2.24, 2.45) is 0 Å². The molecule has 0 aliphatic carbocycles. The van der Waals surface area contributed by atoms with Crippen LogP contribution in [0.3, 0.4) is 0 Å². The lowest BCUT2D eigenvalue weighted by Crippen LogP contribution is -2.44. The number of rotatable bonds is 12. The number of alkyl halides is 2. The third-order valence-corrected chi connectivity index (χ3v) is 7.68. The number of benzene rings is 3. The predicted octanol–water partition coefficient (Wildman–Crippen LogP) is 4.42. The fourth-order valence-electron chi connectivity index (χ4n) is 5.33. The highest BCUT2D eigenvalue weighted by Crippen LogP contribution is 2.30. The van der Waals surface area contributed by atoms with E-state index in [4.69, 9.17) is 14.2 Å². The van der Waals surface area contributed by atoms with Crippen LogP contribution in [0.4, 0.5) is 13.2 Å². The maximum Gasteiger partial charge on any atom is 0.332 e. The van der Waals surface area contributed by atoms with Crippen molar-refractivity contribution < 1.29 is 32.2 Å². The molecule has 0 atom stereocenters. The Hall–Kier alpha value is -4.74. The van der Waals surface area contributed by atoms with Gasteiger partial charge in [-0.3, -0.25) is 18.7 Å². The molecule has 1 aliphatic rings. The van der Waals surface area contributed by atoms with Crippen LogP contribution in [0, 0.1) is 5.82 Å². The molecular weight excluding hydrogens is 579 g/mol. The molecule has 2 heterocycles. The zero-order chi connectivity index (χ0) is 31.2. The number of methoxy groups -OCH3 is 1. The summed E-state index contributed by atoms with van der Waals surface area (Å²) in [6.45, 7) is -1.11. The zero-order valence-corrected chi connectivity index (χ0v) is 24.1. The normalized spacial score (nSPS) is 13.8. The first kappa shape index (κ1) is 30.7. The predicted molar refractivity (Wildman–Crippen MR) is 158 cm³/mol. The second kappa shape index (κ2) is 13.7. The smallest absolute Gasteiger partial charge is 0.332 e. The number of hydrogen-bond acceptors (Lipinski definition) is 6. The molecule has 0 saturated carbocycles. The number of carbonyl (C=O) groups excluding carboxylic acids is 1. The van der Waals surface area contributed by atoms with E-state index in [1.54, 1.807) is 45.9 Å². The van der Waals surface area contributed by atoms with Gasteiger partial charge in [0.05, 0.1) is 24.6 Å².